The van der Waals surface area contributed by atoms with Crippen LogP contribution in [0, 0.1) is 5.92 Å². The Hall–Kier alpha value is -0.810. The van der Waals surface area contributed by atoms with Gasteiger partial charge in [0, 0.05) is 25.6 Å². The number of nitrogens with two attached hydrogens (primary N) is 1. The van der Waals surface area contributed by atoms with Gasteiger partial charge in [0.15, 0.2) is 0 Å². The van der Waals surface area contributed by atoms with E-state index < -0.39 is 0 Å². The van der Waals surface area contributed by atoms with E-state index in [1.54, 1.807) is 6.07 Å². The highest BCUT2D eigenvalue weighted by molar-refractivity contribution is 6.42. The van der Waals surface area contributed by atoms with Crippen LogP contribution in [0.4, 0.5) is 0 Å². The van der Waals surface area contributed by atoms with Crippen molar-refractivity contribution in [3.63, 3.8) is 0 Å². The number of amides is 1. The van der Waals surface area contributed by atoms with Crippen LogP contribution in [0.25, 0.3) is 0 Å². The van der Waals surface area contributed by atoms with Gasteiger partial charge in [-0.15, -0.1) is 0 Å². The van der Waals surface area contributed by atoms with Crippen molar-refractivity contribution in [3.05, 3.63) is 33.8 Å². The lowest BCUT2D eigenvalue weighted by molar-refractivity contribution is -0.135. The Morgan fingerprint density at radius 3 is 2.56 bits per heavy atom. The molecule has 0 spiro atoms. The van der Waals surface area contributed by atoms with Crippen molar-refractivity contribution in [2.24, 2.45) is 11.7 Å². The number of benzene rings is 1. The Kier molecular flexibility index (Phi) is 6.61. The number of halogens is 2. The van der Waals surface area contributed by atoms with Crippen molar-refractivity contribution < 1.29 is 9.53 Å². The van der Waals surface area contributed by atoms with Crippen LogP contribution in [0.1, 0.15) is 44.1 Å². The monoisotopic (exact) mass is 384 g/mol. The average Bonchev–Trinajstić information content (AvgIpc) is 3.01. The van der Waals surface area contributed by atoms with Gasteiger partial charge in [-0.25, -0.2) is 0 Å². The molecule has 1 saturated heterocycles. The summed E-state index contributed by atoms with van der Waals surface area (Å²) in [7, 11) is 0. The van der Waals surface area contributed by atoms with E-state index >= 15 is 0 Å². The fourth-order valence-corrected chi connectivity index (χ4v) is 4.11. The molecule has 0 radical (unpaired) electrons. The first-order valence-electron chi connectivity index (χ1n) is 9.12. The molecule has 1 aromatic carbocycles. The third kappa shape index (κ3) is 5.10. The predicted molar refractivity (Wildman–Crippen MR) is 101 cm³/mol. The lowest BCUT2D eigenvalue weighted by Crippen LogP contribution is -2.42. The van der Waals surface area contributed by atoms with Gasteiger partial charge in [-0.05, 0) is 49.3 Å². The molecular formula is C19H26Cl2N2O2. The van der Waals surface area contributed by atoms with E-state index in [2.05, 4.69) is 0 Å². The molecule has 1 amide bonds. The quantitative estimate of drug-likeness (QED) is 0.833. The van der Waals surface area contributed by atoms with Gasteiger partial charge >= 0.3 is 0 Å². The normalized spacial score (nSPS) is 24.7. The smallest absolute Gasteiger partial charge is 0.222 e. The van der Waals surface area contributed by atoms with Crippen molar-refractivity contribution in [1.29, 1.82) is 0 Å². The zero-order chi connectivity index (χ0) is 17.8. The molecule has 0 unspecified atom stereocenters. The Morgan fingerprint density at radius 1 is 1.16 bits per heavy atom. The van der Waals surface area contributed by atoms with Gasteiger partial charge in [0.1, 0.15) is 0 Å². The molecular weight excluding hydrogens is 359 g/mol. The van der Waals surface area contributed by atoms with Gasteiger partial charge in [-0.2, -0.15) is 0 Å². The molecule has 1 aliphatic heterocycles. The summed E-state index contributed by atoms with van der Waals surface area (Å²) in [5.41, 5.74) is 7.10. The zero-order valence-corrected chi connectivity index (χ0v) is 15.9. The van der Waals surface area contributed by atoms with Crippen molar-refractivity contribution in [2.75, 3.05) is 13.1 Å². The van der Waals surface area contributed by atoms with E-state index in [-0.39, 0.29) is 18.1 Å². The summed E-state index contributed by atoms with van der Waals surface area (Å²) in [6.45, 7) is 2.06. The van der Waals surface area contributed by atoms with Crippen LogP contribution in [0.2, 0.25) is 10.0 Å². The minimum Gasteiger partial charge on any atom is -0.373 e. The Bertz CT molecular complexity index is 603. The first kappa shape index (κ1) is 19.0. The molecule has 1 saturated carbocycles. The number of hydrogen-bond donors (Lipinski definition) is 1. The maximum absolute atomic E-state index is 12.5. The Labute approximate surface area is 159 Å². The maximum Gasteiger partial charge on any atom is 0.222 e. The van der Waals surface area contributed by atoms with Crippen LogP contribution in [0.3, 0.4) is 0 Å². The SMILES string of the molecule is N[C@@H]1CCC[C@H]1CC(=O)N1CCC(OCc2ccc(Cl)c(Cl)c2)CC1. The third-order valence-corrected chi connectivity index (χ3v) is 6.16. The Morgan fingerprint density at radius 2 is 1.92 bits per heavy atom. The van der Waals surface area contributed by atoms with Crippen LogP contribution >= 0.6 is 23.2 Å². The first-order chi connectivity index (χ1) is 12.0. The number of hydrogen-bond acceptors (Lipinski definition) is 3. The molecule has 25 heavy (non-hydrogen) atoms. The van der Waals surface area contributed by atoms with Gasteiger partial charge < -0.3 is 15.4 Å². The molecule has 2 N–H and O–H groups in total. The number of carbonyl (C=O) groups excluding carboxylic acids is 1. The number of likely N-dealkylation sites (tertiary alicyclic amines) is 1. The molecule has 138 valence electrons. The van der Waals surface area contributed by atoms with Crippen LogP contribution in [0.15, 0.2) is 18.2 Å². The topological polar surface area (TPSA) is 55.6 Å². The number of carbonyl (C=O) groups is 1. The Balaban J connectivity index is 1.40. The molecule has 1 aliphatic carbocycles. The van der Waals surface area contributed by atoms with Crippen LogP contribution < -0.4 is 5.73 Å². The second kappa shape index (κ2) is 8.72. The molecule has 2 fully saturated rings. The van der Waals surface area contributed by atoms with E-state index in [4.69, 9.17) is 33.7 Å². The van der Waals surface area contributed by atoms with Crippen LogP contribution in [-0.2, 0) is 16.1 Å². The largest absolute Gasteiger partial charge is 0.373 e. The summed E-state index contributed by atoms with van der Waals surface area (Å²) in [6, 6.07) is 5.76. The van der Waals surface area contributed by atoms with E-state index in [0.29, 0.717) is 29.0 Å². The first-order valence-corrected chi connectivity index (χ1v) is 9.87. The lowest BCUT2D eigenvalue weighted by atomic mass is 9.98. The number of piperidine rings is 1. The number of ether oxygens (including phenoxy) is 1. The average molecular weight is 385 g/mol. The second-order valence-corrected chi connectivity index (χ2v) is 8.01. The highest BCUT2D eigenvalue weighted by Gasteiger charge is 2.29. The highest BCUT2D eigenvalue weighted by atomic mass is 35.5. The van der Waals surface area contributed by atoms with Crippen LogP contribution in [-0.4, -0.2) is 36.0 Å². The van der Waals surface area contributed by atoms with E-state index in [9.17, 15) is 4.79 Å². The maximum atomic E-state index is 12.5. The zero-order valence-electron chi connectivity index (χ0n) is 14.4. The van der Waals surface area contributed by atoms with E-state index in [0.717, 1.165) is 50.8 Å². The number of rotatable bonds is 5. The van der Waals surface area contributed by atoms with Crippen molar-refractivity contribution in [3.8, 4) is 0 Å². The predicted octanol–water partition coefficient (Wildman–Crippen LogP) is 4.02. The molecule has 0 aromatic heterocycles. The second-order valence-electron chi connectivity index (χ2n) is 7.20. The van der Waals surface area contributed by atoms with E-state index in [1.807, 2.05) is 17.0 Å². The third-order valence-electron chi connectivity index (χ3n) is 5.42. The van der Waals surface area contributed by atoms with Crippen molar-refractivity contribution in [1.82, 2.24) is 4.90 Å². The fourth-order valence-electron chi connectivity index (χ4n) is 3.79. The van der Waals surface area contributed by atoms with Crippen molar-refractivity contribution in [2.45, 2.75) is 57.3 Å². The van der Waals surface area contributed by atoms with E-state index in [1.165, 1.54) is 0 Å². The minimum absolute atomic E-state index is 0.187. The summed E-state index contributed by atoms with van der Waals surface area (Å²) in [4.78, 5) is 14.4. The van der Waals surface area contributed by atoms with Gasteiger partial charge in [0.25, 0.3) is 0 Å². The van der Waals surface area contributed by atoms with Gasteiger partial charge in [0.05, 0.1) is 22.8 Å². The molecule has 2 atom stereocenters. The molecule has 2 aliphatic rings. The summed E-state index contributed by atoms with van der Waals surface area (Å²) in [5, 5.41) is 1.10. The fraction of sp³-hybridized carbons (Fsp3) is 0.632. The van der Waals surface area contributed by atoms with Gasteiger partial charge in [-0.1, -0.05) is 35.7 Å². The molecule has 3 rings (SSSR count). The molecule has 0 bridgehead atoms. The van der Waals surface area contributed by atoms with Gasteiger partial charge in [0.2, 0.25) is 5.91 Å². The summed E-state index contributed by atoms with van der Waals surface area (Å²) in [6.07, 6.45) is 5.86. The molecule has 1 heterocycles. The van der Waals surface area contributed by atoms with Crippen LogP contribution in [0.5, 0.6) is 0 Å². The standard InChI is InChI=1S/C19H26Cl2N2O2/c20-16-5-4-13(10-17(16)21)12-25-15-6-8-23(9-7-15)19(24)11-14-2-1-3-18(14)22/h4-5,10,14-15,18H,1-3,6-9,11-12,22H2/t14-,18+/m0/s1. The lowest BCUT2D eigenvalue weighted by Gasteiger charge is -2.33. The minimum atomic E-state index is 0.187. The molecule has 4 nitrogen and oxygen atoms in total. The van der Waals surface area contributed by atoms with Crippen molar-refractivity contribution >= 4 is 29.1 Å². The summed E-state index contributed by atoms with van der Waals surface area (Å²) >= 11 is 12.0. The van der Waals surface area contributed by atoms with Gasteiger partial charge in [-0.3, -0.25) is 4.79 Å². The summed E-state index contributed by atoms with van der Waals surface area (Å²) in [5.74, 6) is 0.626. The highest BCUT2D eigenvalue weighted by Crippen LogP contribution is 2.28. The summed E-state index contributed by atoms with van der Waals surface area (Å²) < 4.78 is 5.98. The number of nitrogens with zero attached hydrogens (tertiary/aromatic N) is 1. The molecule has 6 heteroatoms. The molecule has 1 aromatic rings.